The number of nitrogens with one attached hydrogen (secondary N) is 2. The van der Waals surface area contributed by atoms with E-state index < -0.39 is 0 Å². The lowest BCUT2D eigenvalue weighted by atomic mass is 10.1. The maximum atomic E-state index is 12.4. The van der Waals surface area contributed by atoms with E-state index in [1.54, 1.807) is 43.5 Å². The van der Waals surface area contributed by atoms with Gasteiger partial charge in [0.25, 0.3) is 5.91 Å². The van der Waals surface area contributed by atoms with Crippen molar-refractivity contribution in [3.05, 3.63) is 47.5 Å². The van der Waals surface area contributed by atoms with Gasteiger partial charge in [-0.2, -0.15) is 0 Å². The zero-order valence-corrected chi connectivity index (χ0v) is 12.8. The minimum Gasteiger partial charge on any atom is -0.497 e. The lowest BCUT2D eigenvalue weighted by molar-refractivity contribution is -0.115. The topological polar surface area (TPSA) is 76.7 Å². The molecule has 0 saturated carbocycles. The summed E-state index contributed by atoms with van der Waals surface area (Å²) in [6, 6.07) is 10.3. The molecule has 118 valence electrons. The second-order valence-corrected chi connectivity index (χ2v) is 5.12. The molecule has 1 aliphatic heterocycles. The number of methoxy groups -OCH3 is 2. The lowest BCUT2D eigenvalue weighted by Gasteiger charge is -2.12. The van der Waals surface area contributed by atoms with Gasteiger partial charge in [0.05, 0.1) is 26.3 Å². The Morgan fingerprint density at radius 3 is 2.70 bits per heavy atom. The van der Waals surface area contributed by atoms with E-state index in [-0.39, 0.29) is 11.8 Å². The second-order valence-electron chi connectivity index (χ2n) is 5.12. The number of hydrogen-bond donors (Lipinski definition) is 2. The second kappa shape index (κ2) is 6.00. The fraction of sp³-hybridized carbons (Fsp3) is 0.176. The normalized spacial score (nSPS) is 12.3. The van der Waals surface area contributed by atoms with Crippen molar-refractivity contribution in [2.75, 3.05) is 24.9 Å². The summed E-state index contributed by atoms with van der Waals surface area (Å²) < 4.78 is 10.4. The minimum absolute atomic E-state index is 0.0608. The molecule has 3 rings (SSSR count). The smallest absolute Gasteiger partial charge is 0.255 e. The van der Waals surface area contributed by atoms with E-state index in [4.69, 9.17) is 9.47 Å². The summed E-state index contributed by atoms with van der Waals surface area (Å²) in [6.07, 6.45) is 0.294. The minimum atomic E-state index is -0.268. The van der Waals surface area contributed by atoms with Gasteiger partial charge in [0, 0.05) is 17.3 Å². The van der Waals surface area contributed by atoms with Crippen LogP contribution in [0.1, 0.15) is 15.9 Å². The van der Waals surface area contributed by atoms with Gasteiger partial charge in [-0.15, -0.1) is 0 Å². The lowest BCUT2D eigenvalue weighted by Crippen LogP contribution is -2.13. The molecule has 1 aliphatic rings. The van der Waals surface area contributed by atoms with Gasteiger partial charge in [-0.05, 0) is 35.9 Å². The van der Waals surface area contributed by atoms with Crippen LogP contribution in [0.3, 0.4) is 0 Å². The monoisotopic (exact) mass is 312 g/mol. The Morgan fingerprint density at radius 2 is 1.96 bits per heavy atom. The fourth-order valence-corrected chi connectivity index (χ4v) is 2.47. The van der Waals surface area contributed by atoms with E-state index in [1.807, 2.05) is 0 Å². The largest absolute Gasteiger partial charge is 0.497 e. The summed E-state index contributed by atoms with van der Waals surface area (Å²) in [5.74, 6) is 0.822. The molecule has 0 atom stereocenters. The third-order valence-corrected chi connectivity index (χ3v) is 3.65. The van der Waals surface area contributed by atoms with Gasteiger partial charge >= 0.3 is 0 Å². The van der Waals surface area contributed by atoms with Crippen molar-refractivity contribution in [1.82, 2.24) is 0 Å². The third-order valence-electron chi connectivity index (χ3n) is 3.65. The van der Waals surface area contributed by atoms with Crippen LogP contribution in [-0.2, 0) is 11.2 Å². The molecule has 0 radical (unpaired) electrons. The molecule has 0 aromatic heterocycles. The van der Waals surface area contributed by atoms with Crippen LogP contribution < -0.4 is 20.1 Å². The highest BCUT2D eigenvalue weighted by molar-refractivity contribution is 6.07. The maximum absolute atomic E-state index is 12.4. The van der Waals surface area contributed by atoms with Gasteiger partial charge in [-0.1, -0.05) is 0 Å². The first-order valence-corrected chi connectivity index (χ1v) is 7.07. The van der Waals surface area contributed by atoms with Crippen molar-refractivity contribution in [3.63, 3.8) is 0 Å². The number of ether oxygens (including phenoxy) is 2. The van der Waals surface area contributed by atoms with Gasteiger partial charge in [-0.3, -0.25) is 9.59 Å². The van der Waals surface area contributed by atoms with Crippen LogP contribution in [0.2, 0.25) is 0 Å². The zero-order chi connectivity index (χ0) is 16.4. The van der Waals surface area contributed by atoms with E-state index >= 15 is 0 Å². The Kier molecular flexibility index (Phi) is 3.89. The Hall–Kier alpha value is -3.02. The molecule has 0 aliphatic carbocycles. The van der Waals surface area contributed by atoms with Crippen molar-refractivity contribution >= 4 is 23.2 Å². The van der Waals surface area contributed by atoms with Gasteiger partial charge in [0.1, 0.15) is 11.5 Å². The van der Waals surface area contributed by atoms with Gasteiger partial charge in [-0.25, -0.2) is 0 Å². The summed E-state index contributed by atoms with van der Waals surface area (Å²) in [7, 11) is 3.09. The predicted molar refractivity (Wildman–Crippen MR) is 86.3 cm³/mol. The van der Waals surface area contributed by atoms with Crippen molar-refractivity contribution in [2.24, 2.45) is 0 Å². The maximum Gasteiger partial charge on any atom is 0.255 e. The van der Waals surface area contributed by atoms with Crippen LogP contribution in [0, 0.1) is 0 Å². The summed E-state index contributed by atoms with van der Waals surface area (Å²) in [6.45, 7) is 0. The van der Waals surface area contributed by atoms with Crippen LogP contribution in [0.25, 0.3) is 0 Å². The molecule has 2 amide bonds. The predicted octanol–water partition coefficient (Wildman–Crippen LogP) is 2.45. The van der Waals surface area contributed by atoms with Crippen molar-refractivity contribution < 1.29 is 19.1 Å². The van der Waals surface area contributed by atoms with Crippen LogP contribution in [0.4, 0.5) is 11.4 Å². The van der Waals surface area contributed by atoms with E-state index in [9.17, 15) is 9.59 Å². The number of anilines is 2. The Bertz CT molecular complexity index is 786. The molecule has 6 heteroatoms. The SMILES string of the molecule is COc1ccc(NC(=O)c2ccc3c(c2)CC(=O)N3)c(OC)c1. The summed E-state index contributed by atoms with van der Waals surface area (Å²) in [5, 5.41) is 5.55. The first-order valence-electron chi connectivity index (χ1n) is 7.07. The highest BCUT2D eigenvalue weighted by Gasteiger charge is 2.19. The summed E-state index contributed by atoms with van der Waals surface area (Å²) >= 11 is 0. The molecule has 2 aromatic rings. The number of amides is 2. The van der Waals surface area contributed by atoms with E-state index in [1.165, 1.54) is 7.11 Å². The molecule has 0 spiro atoms. The zero-order valence-electron chi connectivity index (χ0n) is 12.8. The van der Waals surface area contributed by atoms with E-state index in [0.29, 0.717) is 29.2 Å². The van der Waals surface area contributed by atoms with Gasteiger partial charge in [0.2, 0.25) is 5.91 Å². The number of carbonyl (C=O) groups excluding carboxylic acids is 2. The average molecular weight is 312 g/mol. The molecule has 0 saturated heterocycles. The molecule has 6 nitrogen and oxygen atoms in total. The highest BCUT2D eigenvalue weighted by atomic mass is 16.5. The molecule has 0 unspecified atom stereocenters. The Labute approximate surface area is 133 Å². The fourth-order valence-electron chi connectivity index (χ4n) is 2.47. The summed E-state index contributed by atoms with van der Waals surface area (Å²) in [4.78, 5) is 23.8. The standard InChI is InChI=1S/C17H16N2O4/c1-22-12-4-6-14(15(9-12)23-2)19-17(21)10-3-5-13-11(7-10)8-16(20)18-13/h3-7,9H,8H2,1-2H3,(H,18,20)(H,19,21). The van der Waals surface area contributed by atoms with Crippen molar-refractivity contribution in [3.8, 4) is 11.5 Å². The number of benzene rings is 2. The van der Waals surface area contributed by atoms with E-state index in [2.05, 4.69) is 10.6 Å². The molecule has 1 heterocycles. The van der Waals surface area contributed by atoms with Crippen molar-refractivity contribution in [2.45, 2.75) is 6.42 Å². The Morgan fingerprint density at radius 1 is 1.13 bits per heavy atom. The Balaban J connectivity index is 1.82. The average Bonchev–Trinajstić information content (AvgIpc) is 2.94. The van der Waals surface area contributed by atoms with Crippen LogP contribution in [-0.4, -0.2) is 26.0 Å². The van der Waals surface area contributed by atoms with Crippen LogP contribution in [0.5, 0.6) is 11.5 Å². The molecule has 2 aromatic carbocycles. The van der Waals surface area contributed by atoms with E-state index in [0.717, 1.165) is 11.3 Å². The van der Waals surface area contributed by atoms with Crippen LogP contribution in [0.15, 0.2) is 36.4 Å². The molecule has 2 N–H and O–H groups in total. The van der Waals surface area contributed by atoms with Gasteiger partial charge < -0.3 is 20.1 Å². The molecule has 0 bridgehead atoms. The summed E-state index contributed by atoms with van der Waals surface area (Å²) in [5.41, 5.74) is 2.61. The first-order chi connectivity index (χ1) is 11.1. The molecular formula is C17H16N2O4. The quantitative estimate of drug-likeness (QED) is 0.909. The highest BCUT2D eigenvalue weighted by Crippen LogP contribution is 2.30. The van der Waals surface area contributed by atoms with Crippen LogP contribution >= 0.6 is 0 Å². The number of fused-ring (bicyclic) bond motifs is 1. The number of rotatable bonds is 4. The number of hydrogen-bond acceptors (Lipinski definition) is 4. The third kappa shape index (κ3) is 2.96. The molecule has 23 heavy (non-hydrogen) atoms. The molecular weight excluding hydrogens is 296 g/mol. The van der Waals surface area contributed by atoms with Crippen molar-refractivity contribution in [1.29, 1.82) is 0 Å². The first kappa shape index (κ1) is 14.9. The molecule has 0 fully saturated rings. The van der Waals surface area contributed by atoms with Gasteiger partial charge in [0.15, 0.2) is 0 Å². The number of carbonyl (C=O) groups is 2.